The Labute approximate surface area is 174 Å². The van der Waals surface area contributed by atoms with E-state index in [1.165, 1.54) is 0 Å². The molecule has 1 amide bonds. The van der Waals surface area contributed by atoms with Gasteiger partial charge in [0, 0.05) is 40.9 Å². The molecule has 7 heteroatoms. The van der Waals surface area contributed by atoms with E-state index in [1.54, 1.807) is 19.0 Å². The molecule has 0 saturated carbocycles. The predicted octanol–water partition coefficient (Wildman–Crippen LogP) is 2.20. The maximum atomic E-state index is 11.9. The highest BCUT2D eigenvalue weighted by molar-refractivity contribution is 14.0. The number of amides is 1. The lowest BCUT2D eigenvalue weighted by molar-refractivity contribution is -0.127. The lowest BCUT2D eigenvalue weighted by atomic mass is 10.00. The lowest BCUT2D eigenvalue weighted by Crippen LogP contribution is -2.45. The highest BCUT2D eigenvalue weighted by atomic mass is 127. The van der Waals surface area contributed by atoms with Gasteiger partial charge in [-0.25, -0.2) is 4.99 Å². The van der Waals surface area contributed by atoms with Gasteiger partial charge in [0.15, 0.2) is 5.96 Å². The Morgan fingerprint density at radius 3 is 2.46 bits per heavy atom. The molecule has 146 valence electrons. The second-order valence-corrected chi connectivity index (χ2v) is 6.70. The second-order valence-electron chi connectivity index (χ2n) is 6.70. The van der Waals surface area contributed by atoms with Crippen LogP contribution in [0, 0.1) is 5.92 Å². The maximum Gasteiger partial charge on any atom is 0.241 e. The number of carbonyl (C=O) groups is 1. The Balaban J connectivity index is 0.00000338. The number of carbonyl (C=O) groups excluding carboxylic acids is 1. The quantitative estimate of drug-likeness (QED) is 0.390. The van der Waals surface area contributed by atoms with Crippen LogP contribution in [0.1, 0.15) is 18.4 Å². The topological polar surface area (TPSA) is 57.2 Å². The van der Waals surface area contributed by atoms with E-state index in [1.807, 2.05) is 25.2 Å². The average molecular weight is 474 g/mol. The number of benzene rings is 1. The Morgan fingerprint density at radius 2 is 1.85 bits per heavy atom. The molecule has 26 heavy (non-hydrogen) atoms. The van der Waals surface area contributed by atoms with Crippen molar-refractivity contribution in [3.63, 3.8) is 0 Å². The fourth-order valence-corrected chi connectivity index (χ4v) is 2.78. The van der Waals surface area contributed by atoms with Crippen LogP contribution in [0.3, 0.4) is 0 Å². The van der Waals surface area contributed by atoms with Crippen LogP contribution in [0.5, 0.6) is 0 Å². The van der Waals surface area contributed by atoms with Crippen LogP contribution in [0.25, 0.3) is 0 Å². The zero-order valence-corrected chi connectivity index (χ0v) is 18.3. The van der Waals surface area contributed by atoms with E-state index in [2.05, 4.69) is 22.3 Å². The molecule has 1 saturated heterocycles. The van der Waals surface area contributed by atoms with E-state index in [4.69, 9.17) is 9.73 Å². The molecule has 0 unspecified atom stereocenters. The Kier molecular flexibility index (Phi) is 10.6. The fourth-order valence-electron chi connectivity index (χ4n) is 2.78. The highest BCUT2D eigenvalue weighted by Gasteiger charge is 2.18. The molecular weight excluding hydrogens is 443 g/mol. The van der Waals surface area contributed by atoms with Gasteiger partial charge in [0.25, 0.3) is 0 Å². The lowest BCUT2D eigenvalue weighted by Gasteiger charge is -2.29. The normalized spacial score (nSPS) is 15.1. The summed E-state index contributed by atoms with van der Waals surface area (Å²) in [7, 11) is 5.56. The van der Waals surface area contributed by atoms with E-state index >= 15 is 0 Å². The van der Waals surface area contributed by atoms with Crippen molar-refractivity contribution in [2.24, 2.45) is 10.9 Å². The van der Waals surface area contributed by atoms with Gasteiger partial charge in [-0.15, -0.1) is 24.0 Å². The van der Waals surface area contributed by atoms with Crippen molar-refractivity contribution in [2.75, 3.05) is 47.4 Å². The van der Waals surface area contributed by atoms with Crippen molar-refractivity contribution in [1.29, 1.82) is 0 Å². The molecule has 1 aromatic rings. The number of hydrogen-bond donors (Lipinski definition) is 1. The van der Waals surface area contributed by atoms with Gasteiger partial charge in [-0.3, -0.25) is 4.79 Å². The van der Waals surface area contributed by atoms with Gasteiger partial charge in [0.2, 0.25) is 5.91 Å². The van der Waals surface area contributed by atoms with E-state index in [9.17, 15) is 4.79 Å². The third-order valence-corrected chi connectivity index (χ3v) is 4.39. The molecule has 1 aliphatic rings. The largest absolute Gasteiger partial charge is 0.381 e. The highest BCUT2D eigenvalue weighted by Crippen LogP contribution is 2.15. The number of nitrogens with one attached hydrogen (secondary N) is 1. The second kappa shape index (κ2) is 12.1. The first kappa shape index (κ1) is 22.7. The molecule has 6 nitrogen and oxygen atoms in total. The monoisotopic (exact) mass is 474 g/mol. The average Bonchev–Trinajstić information content (AvgIpc) is 2.63. The number of guanidine groups is 1. The molecule has 0 spiro atoms. The fraction of sp³-hybridized carbons (Fsp3) is 0.579. The van der Waals surface area contributed by atoms with Gasteiger partial charge in [-0.2, -0.15) is 0 Å². The Hall–Kier alpha value is -1.35. The van der Waals surface area contributed by atoms with E-state index < -0.39 is 0 Å². The van der Waals surface area contributed by atoms with E-state index in [0.29, 0.717) is 12.5 Å². The summed E-state index contributed by atoms with van der Waals surface area (Å²) < 4.78 is 5.44. The summed E-state index contributed by atoms with van der Waals surface area (Å²) >= 11 is 0. The zero-order valence-electron chi connectivity index (χ0n) is 16.0. The van der Waals surface area contributed by atoms with Gasteiger partial charge in [0.05, 0.1) is 13.1 Å². The Morgan fingerprint density at radius 1 is 1.19 bits per heavy atom. The maximum absolute atomic E-state index is 11.9. The van der Waals surface area contributed by atoms with Crippen molar-refractivity contribution < 1.29 is 9.53 Å². The Bertz CT molecular complexity index is 560. The van der Waals surface area contributed by atoms with Crippen molar-refractivity contribution >= 4 is 35.8 Å². The number of hydrogen-bond acceptors (Lipinski definition) is 3. The molecule has 0 bridgehead atoms. The molecule has 0 aromatic heterocycles. The number of aliphatic imine (C=N–C) groups is 1. The molecule has 2 rings (SSSR count). The van der Waals surface area contributed by atoms with Gasteiger partial charge in [-0.1, -0.05) is 30.3 Å². The molecular formula is C19H31IN4O2. The van der Waals surface area contributed by atoms with Gasteiger partial charge < -0.3 is 19.9 Å². The molecule has 1 heterocycles. The van der Waals surface area contributed by atoms with Crippen molar-refractivity contribution in [1.82, 2.24) is 15.1 Å². The number of rotatable bonds is 6. The summed E-state index contributed by atoms with van der Waals surface area (Å²) in [6.45, 7) is 3.43. The third kappa shape index (κ3) is 7.90. The summed E-state index contributed by atoms with van der Waals surface area (Å²) in [4.78, 5) is 20.3. The molecule has 0 radical (unpaired) electrons. The molecule has 1 aromatic carbocycles. The summed E-state index contributed by atoms with van der Waals surface area (Å²) in [5.41, 5.74) is 1.15. The molecule has 0 atom stereocenters. The van der Waals surface area contributed by atoms with Crippen LogP contribution in [-0.4, -0.2) is 69.1 Å². The van der Waals surface area contributed by atoms with Crippen LogP contribution >= 0.6 is 24.0 Å². The van der Waals surface area contributed by atoms with Crippen LogP contribution in [0.2, 0.25) is 0 Å². The SMILES string of the molecule is CN(C)C(=O)CNC(=NCc1ccccc1)N(C)CC1CCOCC1.I. The summed E-state index contributed by atoms with van der Waals surface area (Å²) in [6.07, 6.45) is 2.15. The summed E-state index contributed by atoms with van der Waals surface area (Å²) in [6, 6.07) is 10.1. The first-order valence-electron chi connectivity index (χ1n) is 8.87. The smallest absolute Gasteiger partial charge is 0.241 e. The minimum Gasteiger partial charge on any atom is -0.381 e. The van der Waals surface area contributed by atoms with Gasteiger partial charge in [0.1, 0.15) is 0 Å². The van der Waals surface area contributed by atoms with E-state index in [-0.39, 0.29) is 36.4 Å². The first-order valence-corrected chi connectivity index (χ1v) is 8.87. The summed E-state index contributed by atoms with van der Waals surface area (Å²) in [5, 5.41) is 3.21. The zero-order chi connectivity index (χ0) is 18.1. The minimum atomic E-state index is 0. The number of likely N-dealkylation sites (N-methyl/N-ethyl adjacent to an activating group) is 1. The molecule has 1 aliphatic heterocycles. The minimum absolute atomic E-state index is 0. The van der Waals surface area contributed by atoms with Crippen molar-refractivity contribution in [2.45, 2.75) is 19.4 Å². The first-order chi connectivity index (χ1) is 12.1. The number of halogens is 1. The van der Waals surface area contributed by atoms with Gasteiger partial charge in [-0.05, 0) is 24.3 Å². The standard InChI is InChI=1S/C19H30N4O2.HI/c1-22(2)18(24)14-21-19(20-13-16-7-5-4-6-8-16)23(3)15-17-9-11-25-12-10-17;/h4-8,17H,9-15H2,1-3H3,(H,20,21);1H. The van der Waals surface area contributed by atoms with E-state index in [0.717, 1.165) is 44.1 Å². The van der Waals surface area contributed by atoms with Crippen LogP contribution in [-0.2, 0) is 16.1 Å². The van der Waals surface area contributed by atoms with Crippen molar-refractivity contribution in [3.8, 4) is 0 Å². The van der Waals surface area contributed by atoms with Crippen molar-refractivity contribution in [3.05, 3.63) is 35.9 Å². The predicted molar refractivity (Wildman–Crippen MR) is 116 cm³/mol. The van der Waals surface area contributed by atoms with Crippen LogP contribution < -0.4 is 5.32 Å². The number of ether oxygens (including phenoxy) is 1. The van der Waals surface area contributed by atoms with Crippen LogP contribution in [0.4, 0.5) is 0 Å². The molecule has 0 aliphatic carbocycles. The molecule has 1 fully saturated rings. The third-order valence-electron chi connectivity index (χ3n) is 4.39. The summed E-state index contributed by atoms with van der Waals surface area (Å²) in [5.74, 6) is 1.41. The van der Waals surface area contributed by atoms with Crippen LogP contribution in [0.15, 0.2) is 35.3 Å². The number of nitrogens with zero attached hydrogens (tertiary/aromatic N) is 3. The van der Waals surface area contributed by atoms with Gasteiger partial charge >= 0.3 is 0 Å². The molecule has 1 N–H and O–H groups in total.